The van der Waals surface area contributed by atoms with Gasteiger partial charge in [0.25, 0.3) is 0 Å². The lowest BCUT2D eigenvalue weighted by Gasteiger charge is -2.26. The van der Waals surface area contributed by atoms with Gasteiger partial charge in [-0.2, -0.15) is 11.8 Å². The lowest BCUT2D eigenvalue weighted by atomic mass is 10.5. The summed E-state index contributed by atoms with van der Waals surface area (Å²) < 4.78 is 1.87. The molecular weight excluding hydrogens is 270 g/mol. The molecule has 1 aromatic rings. The first-order chi connectivity index (χ1) is 8.77. The third-order valence-corrected chi connectivity index (χ3v) is 4.56. The van der Waals surface area contributed by atoms with Crippen molar-refractivity contribution in [2.75, 3.05) is 36.9 Å². The Labute approximate surface area is 115 Å². The molecule has 18 heavy (non-hydrogen) atoms. The van der Waals surface area contributed by atoms with Gasteiger partial charge in [0.15, 0.2) is 5.16 Å². The van der Waals surface area contributed by atoms with Gasteiger partial charge in [-0.3, -0.25) is 0 Å². The number of nitrogens with one attached hydrogen (secondary N) is 1. The highest BCUT2D eigenvalue weighted by atomic mass is 32.2. The van der Waals surface area contributed by atoms with Gasteiger partial charge >= 0.3 is 6.03 Å². The van der Waals surface area contributed by atoms with E-state index in [2.05, 4.69) is 15.5 Å². The van der Waals surface area contributed by atoms with E-state index in [4.69, 9.17) is 0 Å². The fraction of sp³-hybridized carbons (Fsp3) is 0.700. The Morgan fingerprint density at radius 3 is 3.00 bits per heavy atom. The Morgan fingerprint density at radius 1 is 1.56 bits per heavy atom. The van der Waals surface area contributed by atoms with Crippen LogP contribution in [0, 0.1) is 0 Å². The van der Waals surface area contributed by atoms with Gasteiger partial charge in [-0.05, 0) is 0 Å². The van der Waals surface area contributed by atoms with Crippen molar-refractivity contribution in [3.05, 3.63) is 6.33 Å². The minimum atomic E-state index is 0.0499. The maximum atomic E-state index is 11.8. The molecule has 2 amide bonds. The van der Waals surface area contributed by atoms with Crippen LogP contribution >= 0.6 is 23.5 Å². The molecule has 1 N–H and O–H groups in total. The van der Waals surface area contributed by atoms with Crippen molar-refractivity contribution in [2.45, 2.75) is 5.16 Å². The van der Waals surface area contributed by atoms with Crippen LogP contribution in [0.4, 0.5) is 4.79 Å². The summed E-state index contributed by atoms with van der Waals surface area (Å²) in [6.07, 6.45) is 1.67. The molecule has 0 aromatic carbocycles. The molecule has 0 bridgehead atoms. The average Bonchev–Trinajstić information content (AvgIpc) is 2.81. The first kappa shape index (κ1) is 13.5. The van der Waals surface area contributed by atoms with Crippen LogP contribution in [0.5, 0.6) is 0 Å². The number of carbonyl (C=O) groups is 1. The fourth-order valence-electron chi connectivity index (χ4n) is 1.58. The van der Waals surface area contributed by atoms with Gasteiger partial charge in [-0.25, -0.2) is 4.79 Å². The van der Waals surface area contributed by atoms with Crippen LogP contribution in [0.15, 0.2) is 11.5 Å². The molecule has 0 radical (unpaired) electrons. The van der Waals surface area contributed by atoms with Crippen molar-refractivity contribution in [1.82, 2.24) is 25.0 Å². The van der Waals surface area contributed by atoms with E-state index in [-0.39, 0.29) is 6.03 Å². The number of nitrogens with zero attached hydrogens (tertiary/aromatic N) is 4. The second kappa shape index (κ2) is 6.89. The molecule has 2 heterocycles. The van der Waals surface area contributed by atoms with Crippen molar-refractivity contribution in [1.29, 1.82) is 0 Å². The first-order valence-corrected chi connectivity index (χ1v) is 7.99. The second-order valence-corrected chi connectivity index (χ2v) is 6.19. The normalized spacial score (nSPS) is 15.7. The molecule has 1 aromatic heterocycles. The summed E-state index contributed by atoms with van der Waals surface area (Å²) >= 11 is 3.49. The molecule has 8 heteroatoms. The summed E-state index contributed by atoms with van der Waals surface area (Å²) in [4.78, 5) is 13.7. The first-order valence-electron chi connectivity index (χ1n) is 5.84. The number of urea groups is 1. The van der Waals surface area contributed by atoms with Crippen LogP contribution in [0.1, 0.15) is 0 Å². The minimum absolute atomic E-state index is 0.0499. The summed E-state index contributed by atoms with van der Waals surface area (Å²) in [5.41, 5.74) is 0. The zero-order valence-corrected chi connectivity index (χ0v) is 12.0. The molecule has 1 fully saturated rings. The molecule has 6 nitrogen and oxygen atoms in total. The van der Waals surface area contributed by atoms with E-state index in [9.17, 15) is 4.79 Å². The summed E-state index contributed by atoms with van der Waals surface area (Å²) in [5, 5.41) is 11.6. The molecule has 2 rings (SSSR count). The monoisotopic (exact) mass is 287 g/mol. The lowest BCUT2D eigenvalue weighted by molar-refractivity contribution is 0.204. The zero-order valence-electron chi connectivity index (χ0n) is 10.3. The predicted molar refractivity (Wildman–Crippen MR) is 74.0 cm³/mol. The van der Waals surface area contributed by atoms with E-state index in [0.717, 1.165) is 35.5 Å². The van der Waals surface area contributed by atoms with Crippen molar-refractivity contribution < 1.29 is 4.79 Å². The quantitative estimate of drug-likeness (QED) is 0.651. The van der Waals surface area contributed by atoms with E-state index in [1.807, 2.05) is 28.3 Å². The number of carbonyl (C=O) groups excluding carboxylic acids is 1. The lowest BCUT2D eigenvalue weighted by Crippen LogP contribution is -2.44. The Morgan fingerprint density at radius 2 is 2.33 bits per heavy atom. The van der Waals surface area contributed by atoms with Gasteiger partial charge in [0, 0.05) is 43.9 Å². The van der Waals surface area contributed by atoms with Gasteiger partial charge in [0.05, 0.1) is 0 Å². The molecule has 100 valence electrons. The molecule has 0 atom stereocenters. The van der Waals surface area contributed by atoms with Crippen molar-refractivity contribution in [3.8, 4) is 0 Å². The van der Waals surface area contributed by atoms with Gasteiger partial charge in [-0.15, -0.1) is 10.2 Å². The highest BCUT2D eigenvalue weighted by molar-refractivity contribution is 7.99. The Bertz CT molecular complexity index is 391. The molecule has 0 spiro atoms. The van der Waals surface area contributed by atoms with E-state index in [0.29, 0.717) is 6.54 Å². The number of hydrogen-bond donors (Lipinski definition) is 1. The number of amides is 2. The second-order valence-electron chi connectivity index (χ2n) is 3.90. The maximum Gasteiger partial charge on any atom is 0.317 e. The van der Waals surface area contributed by atoms with Gasteiger partial charge < -0.3 is 14.8 Å². The highest BCUT2D eigenvalue weighted by Crippen LogP contribution is 2.12. The number of thioether (sulfide) groups is 2. The standard InChI is InChI=1S/C10H17N5OS2/c1-14-8-12-13-10(14)18-5-2-11-9(16)15-3-6-17-7-4-15/h8H,2-7H2,1H3,(H,11,16). The molecule has 1 aliphatic heterocycles. The van der Waals surface area contributed by atoms with Crippen LogP contribution < -0.4 is 5.32 Å². The third-order valence-electron chi connectivity index (χ3n) is 2.58. The zero-order chi connectivity index (χ0) is 12.8. The highest BCUT2D eigenvalue weighted by Gasteiger charge is 2.15. The van der Waals surface area contributed by atoms with Gasteiger partial charge in [0.2, 0.25) is 0 Å². The molecule has 1 saturated heterocycles. The largest absolute Gasteiger partial charge is 0.337 e. The SMILES string of the molecule is Cn1cnnc1SCCNC(=O)N1CCSCC1. The van der Waals surface area contributed by atoms with Crippen molar-refractivity contribution in [3.63, 3.8) is 0 Å². The smallest absolute Gasteiger partial charge is 0.317 e. The van der Waals surface area contributed by atoms with E-state index < -0.39 is 0 Å². The van der Waals surface area contributed by atoms with Crippen LogP contribution in [0.2, 0.25) is 0 Å². The molecule has 0 aliphatic carbocycles. The van der Waals surface area contributed by atoms with Gasteiger partial charge in [-0.1, -0.05) is 11.8 Å². The number of rotatable bonds is 4. The maximum absolute atomic E-state index is 11.8. The van der Waals surface area contributed by atoms with Crippen molar-refractivity contribution >= 4 is 29.6 Å². The third kappa shape index (κ3) is 3.81. The average molecular weight is 287 g/mol. The van der Waals surface area contributed by atoms with Crippen LogP contribution in [0.3, 0.4) is 0 Å². The van der Waals surface area contributed by atoms with Gasteiger partial charge in [0.1, 0.15) is 6.33 Å². The van der Waals surface area contributed by atoms with Crippen LogP contribution in [0.25, 0.3) is 0 Å². The summed E-state index contributed by atoms with van der Waals surface area (Å²) in [5.74, 6) is 2.89. The van der Waals surface area contributed by atoms with E-state index in [1.165, 1.54) is 0 Å². The van der Waals surface area contributed by atoms with Crippen LogP contribution in [-0.2, 0) is 7.05 Å². The molecular formula is C10H17N5OS2. The summed E-state index contributed by atoms with van der Waals surface area (Å²) in [6.45, 7) is 2.36. The van der Waals surface area contributed by atoms with Crippen molar-refractivity contribution in [2.24, 2.45) is 7.05 Å². The summed E-state index contributed by atoms with van der Waals surface area (Å²) in [6, 6.07) is 0.0499. The number of aromatic nitrogens is 3. The molecule has 0 saturated carbocycles. The molecule has 0 unspecified atom stereocenters. The van der Waals surface area contributed by atoms with Crippen LogP contribution in [-0.4, -0.2) is 62.6 Å². The number of aryl methyl sites for hydroxylation is 1. The van der Waals surface area contributed by atoms with E-state index in [1.54, 1.807) is 18.1 Å². The molecule has 1 aliphatic rings. The predicted octanol–water partition coefficient (Wildman–Crippen LogP) is 0.666. The fourth-order valence-corrected chi connectivity index (χ4v) is 3.23. The Balaban J connectivity index is 1.63. The Kier molecular flexibility index (Phi) is 5.18. The number of hydrogen-bond acceptors (Lipinski definition) is 5. The summed E-state index contributed by atoms with van der Waals surface area (Å²) in [7, 11) is 1.91. The Hall–Kier alpha value is -0.890. The minimum Gasteiger partial charge on any atom is -0.337 e. The van der Waals surface area contributed by atoms with E-state index >= 15 is 0 Å². The topological polar surface area (TPSA) is 63.1 Å².